The molecule has 2 aliphatic heterocycles. The minimum absolute atomic E-state index is 0.292. The van der Waals surface area contributed by atoms with Crippen molar-refractivity contribution in [3.05, 3.63) is 0 Å². The second-order valence-corrected chi connectivity index (χ2v) is 5.21. The number of ether oxygens (including phenoxy) is 2. The average molecular weight is 255 g/mol. The van der Waals surface area contributed by atoms with Gasteiger partial charge in [-0.1, -0.05) is 0 Å². The molecule has 2 fully saturated rings. The molecule has 2 aliphatic rings. The molecule has 0 radical (unpaired) electrons. The first-order valence-corrected chi connectivity index (χ1v) is 7.30. The predicted molar refractivity (Wildman–Crippen MR) is 69.4 cm³/mol. The van der Waals surface area contributed by atoms with Gasteiger partial charge in [0.15, 0.2) is 0 Å². The Kier molecular flexibility index (Phi) is 5.45. The molecule has 0 aromatic carbocycles. The van der Waals surface area contributed by atoms with Crippen LogP contribution in [0.1, 0.15) is 45.4 Å². The molecule has 104 valence electrons. The van der Waals surface area contributed by atoms with E-state index in [9.17, 15) is 4.79 Å². The van der Waals surface area contributed by atoms with Gasteiger partial charge < -0.3 is 14.4 Å². The van der Waals surface area contributed by atoms with Crippen LogP contribution >= 0.6 is 0 Å². The second kappa shape index (κ2) is 7.10. The Morgan fingerprint density at radius 3 is 2.72 bits per heavy atom. The van der Waals surface area contributed by atoms with Crippen LogP contribution in [0.2, 0.25) is 0 Å². The fourth-order valence-electron chi connectivity index (χ4n) is 2.82. The molecule has 0 N–H and O–H groups in total. The molecule has 0 bridgehead atoms. The smallest absolute Gasteiger partial charge is 0.222 e. The van der Waals surface area contributed by atoms with Gasteiger partial charge in [-0.25, -0.2) is 0 Å². The molecule has 0 aromatic heterocycles. The van der Waals surface area contributed by atoms with E-state index < -0.39 is 0 Å². The fourth-order valence-corrected chi connectivity index (χ4v) is 2.82. The molecule has 0 aliphatic carbocycles. The van der Waals surface area contributed by atoms with E-state index in [0.717, 1.165) is 58.4 Å². The normalized spacial score (nSPS) is 25.6. The predicted octanol–water partition coefficient (Wildman–Crippen LogP) is 1.97. The van der Waals surface area contributed by atoms with E-state index in [4.69, 9.17) is 9.47 Å². The van der Waals surface area contributed by atoms with E-state index in [1.165, 1.54) is 0 Å². The first-order valence-electron chi connectivity index (χ1n) is 7.30. The zero-order valence-electron chi connectivity index (χ0n) is 11.4. The topological polar surface area (TPSA) is 38.8 Å². The van der Waals surface area contributed by atoms with E-state index in [1.807, 2.05) is 11.8 Å². The molecule has 18 heavy (non-hydrogen) atoms. The van der Waals surface area contributed by atoms with Crippen LogP contribution in [0.4, 0.5) is 0 Å². The highest BCUT2D eigenvalue weighted by atomic mass is 16.5. The van der Waals surface area contributed by atoms with Crippen LogP contribution in [0, 0.1) is 0 Å². The van der Waals surface area contributed by atoms with Crippen molar-refractivity contribution < 1.29 is 14.3 Å². The number of hydrogen-bond donors (Lipinski definition) is 0. The van der Waals surface area contributed by atoms with Gasteiger partial charge in [0.1, 0.15) is 0 Å². The SMILES string of the molecule is CCOC1CCN(C(=O)CC[C@H]2CCCO2)CC1. The van der Waals surface area contributed by atoms with Gasteiger partial charge in [0, 0.05) is 32.7 Å². The zero-order chi connectivity index (χ0) is 12.8. The number of likely N-dealkylation sites (tertiary alicyclic amines) is 1. The molecule has 4 heteroatoms. The molecule has 1 atom stereocenters. The third-order valence-electron chi connectivity index (χ3n) is 3.90. The second-order valence-electron chi connectivity index (χ2n) is 5.21. The Labute approximate surface area is 110 Å². The van der Waals surface area contributed by atoms with Gasteiger partial charge in [0.25, 0.3) is 0 Å². The standard InChI is InChI=1S/C14H25NO3/c1-2-17-13-7-9-15(10-8-13)14(16)6-5-12-4-3-11-18-12/h12-13H,2-11H2,1H3/t12-/m1/s1. The van der Waals surface area contributed by atoms with E-state index in [-0.39, 0.29) is 0 Å². The molecule has 2 heterocycles. The van der Waals surface area contributed by atoms with Gasteiger partial charge in [-0.2, -0.15) is 0 Å². The molecule has 0 unspecified atom stereocenters. The molecular weight excluding hydrogens is 230 g/mol. The number of piperidine rings is 1. The van der Waals surface area contributed by atoms with Crippen LogP contribution in [0.25, 0.3) is 0 Å². The molecule has 0 aromatic rings. The summed E-state index contributed by atoms with van der Waals surface area (Å²) in [4.78, 5) is 14.0. The molecule has 1 amide bonds. The molecule has 2 saturated heterocycles. The molecule has 4 nitrogen and oxygen atoms in total. The van der Waals surface area contributed by atoms with Crippen LogP contribution in [-0.4, -0.2) is 49.3 Å². The lowest BCUT2D eigenvalue weighted by Gasteiger charge is -2.32. The number of nitrogens with zero attached hydrogens (tertiary/aromatic N) is 1. The first-order chi connectivity index (χ1) is 8.79. The highest BCUT2D eigenvalue weighted by Gasteiger charge is 2.24. The van der Waals surface area contributed by atoms with Crippen LogP contribution in [0.15, 0.2) is 0 Å². The monoisotopic (exact) mass is 255 g/mol. The Hall–Kier alpha value is -0.610. The fraction of sp³-hybridized carbons (Fsp3) is 0.929. The molecule has 0 saturated carbocycles. The summed E-state index contributed by atoms with van der Waals surface area (Å²) in [6.07, 6.45) is 6.47. The Balaban J connectivity index is 1.64. The van der Waals surface area contributed by atoms with Gasteiger partial charge in [0.05, 0.1) is 12.2 Å². The van der Waals surface area contributed by atoms with Crippen molar-refractivity contribution in [3.63, 3.8) is 0 Å². The highest BCUT2D eigenvalue weighted by Crippen LogP contribution is 2.19. The van der Waals surface area contributed by atoms with Gasteiger partial charge >= 0.3 is 0 Å². The van der Waals surface area contributed by atoms with E-state index in [2.05, 4.69) is 0 Å². The van der Waals surface area contributed by atoms with Crippen LogP contribution in [0.5, 0.6) is 0 Å². The maximum atomic E-state index is 12.0. The number of rotatable bonds is 5. The first kappa shape index (κ1) is 13.8. The zero-order valence-corrected chi connectivity index (χ0v) is 11.4. The highest BCUT2D eigenvalue weighted by molar-refractivity contribution is 5.76. The third kappa shape index (κ3) is 3.95. The summed E-state index contributed by atoms with van der Waals surface area (Å²) >= 11 is 0. The number of amides is 1. The van der Waals surface area contributed by atoms with Crippen molar-refractivity contribution in [3.8, 4) is 0 Å². The van der Waals surface area contributed by atoms with Crippen molar-refractivity contribution in [1.29, 1.82) is 0 Å². The quantitative estimate of drug-likeness (QED) is 0.754. The van der Waals surface area contributed by atoms with Gasteiger partial charge in [0.2, 0.25) is 5.91 Å². The maximum absolute atomic E-state index is 12.0. The summed E-state index contributed by atoms with van der Waals surface area (Å²) in [7, 11) is 0. The lowest BCUT2D eigenvalue weighted by molar-refractivity contribution is -0.134. The van der Waals surface area contributed by atoms with Gasteiger partial charge in [-0.15, -0.1) is 0 Å². The third-order valence-corrected chi connectivity index (χ3v) is 3.90. The van der Waals surface area contributed by atoms with Crippen molar-refractivity contribution in [2.45, 2.75) is 57.7 Å². The van der Waals surface area contributed by atoms with Crippen molar-refractivity contribution in [2.75, 3.05) is 26.3 Å². The average Bonchev–Trinajstić information content (AvgIpc) is 2.90. The summed E-state index contributed by atoms with van der Waals surface area (Å²) in [6, 6.07) is 0. The summed E-state index contributed by atoms with van der Waals surface area (Å²) in [6.45, 7) is 5.39. The Morgan fingerprint density at radius 2 is 2.11 bits per heavy atom. The largest absolute Gasteiger partial charge is 0.378 e. The van der Waals surface area contributed by atoms with Crippen molar-refractivity contribution in [1.82, 2.24) is 4.90 Å². The minimum atomic E-state index is 0.292. The van der Waals surface area contributed by atoms with Gasteiger partial charge in [-0.3, -0.25) is 4.79 Å². The maximum Gasteiger partial charge on any atom is 0.222 e. The number of carbonyl (C=O) groups is 1. The van der Waals surface area contributed by atoms with Crippen molar-refractivity contribution >= 4 is 5.91 Å². The molecular formula is C14H25NO3. The van der Waals surface area contributed by atoms with Crippen LogP contribution in [-0.2, 0) is 14.3 Å². The molecule has 0 spiro atoms. The number of hydrogen-bond acceptors (Lipinski definition) is 3. The Morgan fingerprint density at radius 1 is 1.33 bits per heavy atom. The Bertz CT molecular complexity index is 256. The summed E-state index contributed by atoms with van der Waals surface area (Å²) in [5, 5.41) is 0. The van der Waals surface area contributed by atoms with E-state index >= 15 is 0 Å². The van der Waals surface area contributed by atoms with Gasteiger partial charge in [-0.05, 0) is 39.0 Å². The summed E-state index contributed by atoms with van der Waals surface area (Å²) < 4.78 is 11.1. The lowest BCUT2D eigenvalue weighted by atomic mass is 10.1. The molecule has 2 rings (SSSR count). The summed E-state index contributed by atoms with van der Waals surface area (Å²) in [5.74, 6) is 0.292. The van der Waals surface area contributed by atoms with Crippen molar-refractivity contribution in [2.24, 2.45) is 0 Å². The van der Waals surface area contributed by atoms with E-state index in [1.54, 1.807) is 0 Å². The number of carbonyl (C=O) groups excluding carboxylic acids is 1. The van der Waals surface area contributed by atoms with Crippen LogP contribution in [0.3, 0.4) is 0 Å². The minimum Gasteiger partial charge on any atom is -0.378 e. The van der Waals surface area contributed by atoms with Crippen LogP contribution < -0.4 is 0 Å². The lowest BCUT2D eigenvalue weighted by Crippen LogP contribution is -2.41. The van der Waals surface area contributed by atoms with E-state index in [0.29, 0.717) is 24.5 Å². The summed E-state index contributed by atoms with van der Waals surface area (Å²) in [5.41, 5.74) is 0.